The second-order valence-corrected chi connectivity index (χ2v) is 9.00. The number of pyridine rings is 1. The lowest BCUT2D eigenvalue weighted by Gasteiger charge is -2.15. The van der Waals surface area contributed by atoms with Crippen LogP contribution in [0.5, 0.6) is 0 Å². The molecule has 2 aromatic heterocycles. The third-order valence-corrected chi connectivity index (χ3v) is 6.47. The Morgan fingerprint density at radius 3 is 2.70 bits per heavy atom. The highest BCUT2D eigenvalue weighted by Gasteiger charge is 2.20. The number of nitrogens with one attached hydrogen (secondary N) is 1. The molecule has 7 nitrogen and oxygen atoms in total. The van der Waals surface area contributed by atoms with Crippen molar-refractivity contribution >= 4 is 51.8 Å². The Bertz CT molecular complexity index is 1090. The van der Waals surface area contributed by atoms with Gasteiger partial charge in [0.1, 0.15) is 16.7 Å². The van der Waals surface area contributed by atoms with Gasteiger partial charge in [0.25, 0.3) is 5.91 Å². The van der Waals surface area contributed by atoms with Gasteiger partial charge >= 0.3 is 0 Å². The van der Waals surface area contributed by atoms with Crippen molar-refractivity contribution < 1.29 is 9.59 Å². The standard InChI is InChI=1S/C20H18ClN5O2S2/c1-12-22-20(30-25-12)24-19(28)18-15(8-9-16(21)23-18)29-14-6-4-13(5-7-14)11-26-10-2-3-17(26)27/h4-9H,2-3,10-11H2,1H3,(H,22,24,25,28). The van der Waals surface area contributed by atoms with Crippen LogP contribution in [0.15, 0.2) is 46.2 Å². The zero-order valence-electron chi connectivity index (χ0n) is 16.1. The summed E-state index contributed by atoms with van der Waals surface area (Å²) in [5.41, 5.74) is 1.31. The lowest BCUT2D eigenvalue weighted by atomic mass is 10.2. The monoisotopic (exact) mass is 459 g/mol. The molecule has 30 heavy (non-hydrogen) atoms. The van der Waals surface area contributed by atoms with Crippen LogP contribution in [-0.2, 0) is 11.3 Å². The predicted molar refractivity (Wildman–Crippen MR) is 117 cm³/mol. The minimum atomic E-state index is -0.389. The first-order valence-corrected chi connectivity index (χ1v) is 11.3. The van der Waals surface area contributed by atoms with Gasteiger partial charge in [-0.3, -0.25) is 14.9 Å². The van der Waals surface area contributed by atoms with Crippen molar-refractivity contribution in [2.45, 2.75) is 36.1 Å². The smallest absolute Gasteiger partial charge is 0.277 e. The van der Waals surface area contributed by atoms with Gasteiger partial charge in [0.2, 0.25) is 11.0 Å². The molecule has 0 spiro atoms. The van der Waals surface area contributed by atoms with Crippen molar-refractivity contribution in [2.75, 3.05) is 11.9 Å². The summed E-state index contributed by atoms with van der Waals surface area (Å²) >= 11 is 8.56. The highest BCUT2D eigenvalue weighted by atomic mass is 35.5. The van der Waals surface area contributed by atoms with E-state index in [2.05, 4.69) is 19.7 Å². The average molecular weight is 460 g/mol. The summed E-state index contributed by atoms with van der Waals surface area (Å²) in [5.74, 6) is 0.418. The molecule has 0 atom stereocenters. The molecule has 4 rings (SSSR count). The minimum absolute atomic E-state index is 0.210. The number of aryl methyl sites for hydroxylation is 1. The van der Waals surface area contributed by atoms with Crippen LogP contribution in [0.1, 0.15) is 34.7 Å². The quantitative estimate of drug-likeness (QED) is 0.549. The lowest BCUT2D eigenvalue weighted by molar-refractivity contribution is -0.128. The van der Waals surface area contributed by atoms with Gasteiger partial charge in [-0.25, -0.2) is 9.97 Å². The van der Waals surface area contributed by atoms with E-state index < -0.39 is 0 Å². The molecule has 3 heterocycles. The van der Waals surface area contributed by atoms with Crippen LogP contribution in [-0.4, -0.2) is 37.6 Å². The molecule has 3 aromatic rings. The predicted octanol–water partition coefficient (Wildman–Crippen LogP) is 4.42. The van der Waals surface area contributed by atoms with Gasteiger partial charge in [-0.2, -0.15) is 4.37 Å². The van der Waals surface area contributed by atoms with E-state index in [1.807, 2.05) is 29.2 Å². The molecule has 154 valence electrons. The van der Waals surface area contributed by atoms with Crippen LogP contribution in [0.25, 0.3) is 0 Å². The number of amides is 2. The summed E-state index contributed by atoms with van der Waals surface area (Å²) in [6.07, 6.45) is 1.57. The van der Waals surface area contributed by atoms with Crippen molar-refractivity contribution in [3.8, 4) is 0 Å². The second kappa shape index (κ2) is 9.11. The molecule has 1 fully saturated rings. The van der Waals surface area contributed by atoms with Gasteiger partial charge in [-0.05, 0) is 43.2 Å². The van der Waals surface area contributed by atoms with Crippen LogP contribution in [0.4, 0.5) is 5.13 Å². The van der Waals surface area contributed by atoms with E-state index in [1.54, 1.807) is 19.1 Å². The third kappa shape index (κ3) is 4.97. The highest BCUT2D eigenvalue weighted by molar-refractivity contribution is 7.99. The Kier molecular flexibility index (Phi) is 6.31. The number of carbonyl (C=O) groups is 2. The van der Waals surface area contributed by atoms with Gasteiger partial charge in [-0.15, -0.1) is 0 Å². The first-order chi connectivity index (χ1) is 14.5. The number of hydrogen-bond acceptors (Lipinski definition) is 7. The van der Waals surface area contributed by atoms with E-state index in [9.17, 15) is 9.59 Å². The van der Waals surface area contributed by atoms with E-state index in [1.165, 1.54) is 11.8 Å². The molecule has 10 heteroatoms. The molecule has 1 saturated heterocycles. The highest BCUT2D eigenvalue weighted by Crippen LogP contribution is 2.31. The van der Waals surface area contributed by atoms with E-state index in [-0.39, 0.29) is 22.7 Å². The van der Waals surface area contributed by atoms with Gasteiger partial charge in [-0.1, -0.05) is 35.5 Å². The maximum Gasteiger partial charge on any atom is 0.277 e. The molecule has 0 aliphatic carbocycles. The molecule has 1 N–H and O–H groups in total. The van der Waals surface area contributed by atoms with Gasteiger partial charge < -0.3 is 4.90 Å². The fourth-order valence-corrected chi connectivity index (χ4v) is 4.67. The number of anilines is 1. The number of likely N-dealkylation sites (tertiary alicyclic amines) is 1. The maximum absolute atomic E-state index is 12.7. The van der Waals surface area contributed by atoms with Crippen molar-refractivity contribution in [2.24, 2.45) is 0 Å². The topological polar surface area (TPSA) is 88.1 Å². The van der Waals surface area contributed by atoms with Crippen molar-refractivity contribution in [3.63, 3.8) is 0 Å². The summed E-state index contributed by atoms with van der Waals surface area (Å²) < 4.78 is 4.06. The minimum Gasteiger partial charge on any atom is -0.338 e. The zero-order chi connectivity index (χ0) is 21.1. The fraction of sp³-hybridized carbons (Fsp3) is 0.250. The SMILES string of the molecule is Cc1nsc(NC(=O)c2nc(Cl)ccc2Sc2ccc(CN3CCCC3=O)cc2)n1. The summed E-state index contributed by atoms with van der Waals surface area (Å²) in [5, 5.41) is 3.37. The number of halogens is 1. The molecular weight excluding hydrogens is 442 g/mol. The molecule has 0 unspecified atom stereocenters. The molecule has 0 bridgehead atoms. The molecule has 1 aromatic carbocycles. The van der Waals surface area contributed by atoms with E-state index in [4.69, 9.17) is 11.6 Å². The van der Waals surface area contributed by atoms with Gasteiger partial charge in [0, 0.05) is 40.8 Å². The van der Waals surface area contributed by atoms with Crippen LogP contribution in [0.3, 0.4) is 0 Å². The molecule has 2 amide bonds. The molecular formula is C20H18ClN5O2S2. The van der Waals surface area contributed by atoms with Crippen LogP contribution >= 0.6 is 34.9 Å². The molecule has 1 aliphatic heterocycles. The second-order valence-electron chi connectivity index (χ2n) is 6.75. The van der Waals surface area contributed by atoms with E-state index >= 15 is 0 Å². The van der Waals surface area contributed by atoms with Crippen molar-refractivity contribution in [1.29, 1.82) is 0 Å². The fourth-order valence-electron chi connectivity index (χ4n) is 3.05. The van der Waals surface area contributed by atoms with Crippen LogP contribution in [0.2, 0.25) is 5.15 Å². The largest absolute Gasteiger partial charge is 0.338 e. The first-order valence-electron chi connectivity index (χ1n) is 9.31. The zero-order valence-corrected chi connectivity index (χ0v) is 18.5. The summed E-state index contributed by atoms with van der Waals surface area (Å²) in [4.78, 5) is 36.4. The Labute approximate surface area is 187 Å². The van der Waals surface area contributed by atoms with Crippen molar-refractivity contribution in [1.82, 2.24) is 19.2 Å². The van der Waals surface area contributed by atoms with Gasteiger partial charge in [0.15, 0.2) is 0 Å². The Morgan fingerprint density at radius 1 is 1.23 bits per heavy atom. The summed E-state index contributed by atoms with van der Waals surface area (Å²) in [7, 11) is 0. The number of carbonyl (C=O) groups excluding carboxylic acids is 2. The lowest BCUT2D eigenvalue weighted by Crippen LogP contribution is -2.23. The van der Waals surface area contributed by atoms with E-state index in [0.717, 1.165) is 35.0 Å². The van der Waals surface area contributed by atoms with Crippen LogP contribution in [0, 0.1) is 6.92 Å². The summed E-state index contributed by atoms with van der Waals surface area (Å²) in [6, 6.07) is 11.4. The van der Waals surface area contributed by atoms with Crippen molar-refractivity contribution in [3.05, 3.63) is 58.6 Å². The third-order valence-electron chi connectivity index (χ3n) is 4.48. The average Bonchev–Trinajstić information content (AvgIpc) is 3.32. The van der Waals surface area contributed by atoms with Gasteiger partial charge in [0.05, 0.1) is 0 Å². The number of nitrogens with zero attached hydrogens (tertiary/aromatic N) is 4. The number of hydrogen-bond donors (Lipinski definition) is 1. The Hall–Kier alpha value is -2.49. The Morgan fingerprint density at radius 2 is 2.03 bits per heavy atom. The number of aromatic nitrogens is 3. The molecule has 1 aliphatic rings. The van der Waals surface area contributed by atoms with Crippen LogP contribution < -0.4 is 5.32 Å². The summed E-state index contributed by atoms with van der Waals surface area (Å²) in [6.45, 7) is 3.20. The molecule has 0 saturated carbocycles. The number of benzene rings is 1. The first kappa shape index (κ1) is 20.8. The maximum atomic E-state index is 12.7. The van der Waals surface area contributed by atoms with E-state index in [0.29, 0.717) is 28.8 Å². The number of rotatable bonds is 6. The normalized spacial score (nSPS) is 13.7. The molecule has 0 radical (unpaired) electrons. The Balaban J connectivity index is 1.48.